The van der Waals surface area contributed by atoms with Crippen molar-refractivity contribution in [1.82, 2.24) is 10.4 Å². The highest BCUT2D eigenvalue weighted by Gasteiger charge is 2.12. The summed E-state index contributed by atoms with van der Waals surface area (Å²) in [5.74, 6) is 2.11. The SMILES string of the molecule is CONC(=O)CN1CCSSCC1. The van der Waals surface area contributed by atoms with Gasteiger partial charge in [-0.15, -0.1) is 0 Å². The minimum atomic E-state index is -0.0700. The molecule has 1 aliphatic heterocycles. The van der Waals surface area contributed by atoms with E-state index in [0.29, 0.717) is 6.54 Å². The summed E-state index contributed by atoms with van der Waals surface area (Å²) in [6.07, 6.45) is 0. The molecule has 0 bridgehead atoms. The largest absolute Gasteiger partial charge is 0.293 e. The Hall–Kier alpha value is 0.0900. The molecule has 0 unspecified atom stereocenters. The quantitative estimate of drug-likeness (QED) is 0.551. The molecule has 1 heterocycles. The highest BCUT2D eigenvalue weighted by atomic mass is 33.1. The molecule has 0 saturated carbocycles. The summed E-state index contributed by atoms with van der Waals surface area (Å²) in [5, 5.41) is 0. The van der Waals surface area contributed by atoms with Gasteiger partial charge in [-0.2, -0.15) is 0 Å². The second kappa shape index (κ2) is 6.53. The fourth-order valence-electron chi connectivity index (χ4n) is 1.07. The summed E-state index contributed by atoms with van der Waals surface area (Å²) in [7, 11) is 5.19. The van der Waals surface area contributed by atoms with E-state index >= 15 is 0 Å². The number of carbonyl (C=O) groups excluding carboxylic acids is 1. The van der Waals surface area contributed by atoms with Crippen molar-refractivity contribution in [3.63, 3.8) is 0 Å². The number of nitrogens with one attached hydrogen (secondary N) is 1. The van der Waals surface area contributed by atoms with Gasteiger partial charge in [0.15, 0.2) is 0 Å². The van der Waals surface area contributed by atoms with Crippen LogP contribution in [0.1, 0.15) is 0 Å². The van der Waals surface area contributed by atoms with Gasteiger partial charge in [0.1, 0.15) is 0 Å². The third kappa shape index (κ3) is 4.75. The van der Waals surface area contributed by atoms with Crippen LogP contribution in [0.25, 0.3) is 0 Å². The Morgan fingerprint density at radius 2 is 2.08 bits per heavy atom. The van der Waals surface area contributed by atoms with E-state index in [1.54, 1.807) is 0 Å². The van der Waals surface area contributed by atoms with Crippen LogP contribution in [0.2, 0.25) is 0 Å². The molecule has 0 aliphatic carbocycles. The van der Waals surface area contributed by atoms with Gasteiger partial charge in [0.05, 0.1) is 13.7 Å². The fraction of sp³-hybridized carbons (Fsp3) is 0.857. The van der Waals surface area contributed by atoms with Gasteiger partial charge in [-0.3, -0.25) is 14.5 Å². The molecule has 0 radical (unpaired) electrons. The molecule has 1 aliphatic rings. The Morgan fingerprint density at radius 3 is 2.62 bits per heavy atom. The molecular weight excluding hydrogens is 208 g/mol. The predicted molar refractivity (Wildman–Crippen MR) is 56.5 cm³/mol. The van der Waals surface area contributed by atoms with Gasteiger partial charge in [-0.25, -0.2) is 5.48 Å². The van der Waals surface area contributed by atoms with Crippen LogP contribution < -0.4 is 5.48 Å². The first-order chi connectivity index (χ1) is 6.33. The lowest BCUT2D eigenvalue weighted by Gasteiger charge is -2.17. The maximum absolute atomic E-state index is 11.1. The van der Waals surface area contributed by atoms with Gasteiger partial charge >= 0.3 is 0 Å². The number of carbonyl (C=O) groups is 1. The van der Waals surface area contributed by atoms with Gasteiger partial charge in [-0.1, -0.05) is 21.6 Å². The van der Waals surface area contributed by atoms with Gasteiger partial charge in [0.25, 0.3) is 5.91 Å². The Labute approximate surface area is 86.1 Å². The van der Waals surface area contributed by atoms with Crippen molar-refractivity contribution < 1.29 is 9.63 Å². The van der Waals surface area contributed by atoms with Crippen molar-refractivity contribution >= 4 is 27.5 Å². The minimum Gasteiger partial charge on any atom is -0.293 e. The summed E-state index contributed by atoms with van der Waals surface area (Å²) < 4.78 is 0. The molecule has 6 heteroatoms. The number of hydrogen-bond donors (Lipinski definition) is 1. The maximum atomic E-state index is 11.1. The van der Waals surface area contributed by atoms with Crippen LogP contribution in [0.3, 0.4) is 0 Å². The normalized spacial score (nSPS) is 19.5. The molecule has 0 atom stereocenters. The zero-order valence-corrected chi connectivity index (χ0v) is 9.25. The van der Waals surface area contributed by atoms with E-state index in [-0.39, 0.29) is 5.91 Å². The van der Waals surface area contributed by atoms with E-state index in [1.165, 1.54) is 7.11 Å². The van der Waals surface area contributed by atoms with Crippen molar-refractivity contribution in [1.29, 1.82) is 0 Å². The Kier molecular flexibility index (Phi) is 5.61. The Morgan fingerprint density at radius 1 is 1.46 bits per heavy atom. The van der Waals surface area contributed by atoms with Crippen LogP contribution in [0.15, 0.2) is 0 Å². The highest BCUT2D eigenvalue weighted by molar-refractivity contribution is 8.76. The van der Waals surface area contributed by atoms with Crippen molar-refractivity contribution in [3.8, 4) is 0 Å². The highest BCUT2D eigenvalue weighted by Crippen LogP contribution is 2.23. The summed E-state index contributed by atoms with van der Waals surface area (Å²) in [6, 6.07) is 0. The molecule has 0 aromatic carbocycles. The van der Waals surface area contributed by atoms with E-state index in [2.05, 4.69) is 15.2 Å². The van der Waals surface area contributed by atoms with Crippen molar-refractivity contribution in [2.45, 2.75) is 0 Å². The minimum absolute atomic E-state index is 0.0700. The third-order valence-electron chi connectivity index (χ3n) is 1.65. The molecule has 1 amide bonds. The van der Waals surface area contributed by atoms with E-state index in [9.17, 15) is 4.79 Å². The molecule has 0 aromatic heterocycles. The molecule has 1 N–H and O–H groups in total. The predicted octanol–water partition coefficient (Wildman–Crippen LogP) is 0.361. The second-order valence-corrected chi connectivity index (χ2v) is 5.35. The number of rotatable bonds is 3. The molecule has 1 fully saturated rings. The fourth-order valence-corrected chi connectivity index (χ4v) is 3.13. The average Bonchev–Trinajstić information content (AvgIpc) is 2.33. The number of nitrogens with zero attached hydrogens (tertiary/aromatic N) is 1. The van der Waals surface area contributed by atoms with Gasteiger partial charge in [-0.05, 0) is 0 Å². The van der Waals surface area contributed by atoms with Crippen molar-refractivity contribution in [2.75, 3.05) is 38.2 Å². The molecule has 13 heavy (non-hydrogen) atoms. The zero-order valence-electron chi connectivity index (χ0n) is 7.62. The number of amides is 1. The Balaban J connectivity index is 2.21. The zero-order chi connectivity index (χ0) is 9.52. The molecule has 0 spiro atoms. The maximum Gasteiger partial charge on any atom is 0.257 e. The van der Waals surface area contributed by atoms with Crippen LogP contribution >= 0.6 is 21.6 Å². The summed E-state index contributed by atoms with van der Waals surface area (Å²) >= 11 is 0. The topological polar surface area (TPSA) is 41.6 Å². The van der Waals surface area contributed by atoms with Crippen LogP contribution in [0.4, 0.5) is 0 Å². The van der Waals surface area contributed by atoms with E-state index < -0.39 is 0 Å². The van der Waals surface area contributed by atoms with Gasteiger partial charge in [0, 0.05) is 24.6 Å². The third-order valence-corrected chi connectivity index (χ3v) is 4.01. The lowest BCUT2D eigenvalue weighted by Crippen LogP contribution is -2.38. The Bertz CT molecular complexity index is 161. The first kappa shape index (κ1) is 11.2. The first-order valence-corrected chi connectivity index (χ1v) is 6.60. The molecule has 1 saturated heterocycles. The summed E-state index contributed by atoms with van der Waals surface area (Å²) in [4.78, 5) is 17.8. The molecular formula is C7H14N2O2S2. The number of hydroxylamine groups is 1. The smallest absolute Gasteiger partial charge is 0.257 e. The van der Waals surface area contributed by atoms with Crippen LogP contribution in [-0.4, -0.2) is 49.1 Å². The monoisotopic (exact) mass is 222 g/mol. The van der Waals surface area contributed by atoms with Crippen molar-refractivity contribution in [2.24, 2.45) is 0 Å². The molecule has 4 nitrogen and oxygen atoms in total. The van der Waals surface area contributed by atoms with E-state index in [1.807, 2.05) is 21.6 Å². The lowest BCUT2D eigenvalue weighted by atomic mass is 10.4. The van der Waals surface area contributed by atoms with Crippen LogP contribution in [-0.2, 0) is 9.63 Å². The van der Waals surface area contributed by atoms with Gasteiger partial charge < -0.3 is 0 Å². The summed E-state index contributed by atoms with van der Waals surface area (Å²) in [6.45, 7) is 2.40. The van der Waals surface area contributed by atoms with Gasteiger partial charge in [0.2, 0.25) is 0 Å². The van der Waals surface area contributed by atoms with Crippen LogP contribution in [0.5, 0.6) is 0 Å². The van der Waals surface area contributed by atoms with E-state index in [0.717, 1.165) is 24.6 Å². The first-order valence-electron chi connectivity index (χ1n) is 4.11. The molecule has 76 valence electrons. The standard InChI is InChI=1S/C7H14N2O2S2/c1-11-8-7(10)6-9-2-4-12-13-5-3-9/h2-6H2,1H3,(H,8,10). The summed E-state index contributed by atoms with van der Waals surface area (Å²) in [5.41, 5.74) is 2.32. The van der Waals surface area contributed by atoms with Crippen molar-refractivity contribution in [3.05, 3.63) is 0 Å². The van der Waals surface area contributed by atoms with Crippen LogP contribution in [0, 0.1) is 0 Å². The number of hydrogen-bond acceptors (Lipinski definition) is 5. The molecule has 0 aromatic rings. The molecule has 1 rings (SSSR count). The average molecular weight is 222 g/mol. The second-order valence-electron chi connectivity index (χ2n) is 2.65. The van der Waals surface area contributed by atoms with E-state index in [4.69, 9.17) is 0 Å². The lowest BCUT2D eigenvalue weighted by molar-refractivity contribution is -0.132.